The van der Waals surface area contributed by atoms with Crippen LogP contribution in [0.4, 0.5) is 0 Å². The Balaban J connectivity index is 1.99. The van der Waals surface area contributed by atoms with E-state index in [1.165, 1.54) is 5.56 Å². The van der Waals surface area contributed by atoms with Crippen LogP contribution in [0.15, 0.2) is 73.0 Å². The lowest BCUT2D eigenvalue weighted by atomic mass is 10.2. The van der Waals surface area contributed by atoms with E-state index in [-0.39, 0.29) is 0 Å². The van der Waals surface area contributed by atoms with Crippen molar-refractivity contribution < 1.29 is 9.16 Å². The first-order valence-corrected chi connectivity index (χ1v) is 11.2. The van der Waals surface area contributed by atoms with Crippen LogP contribution < -0.4 is 0 Å². The first-order valence-electron chi connectivity index (χ1n) is 7.82. The van der Waals surface area contributed by atoms with Crippen molar-refractivity contribution in [3.63, 3.8) is 0 Å². The van der Waals surface area contributed by atoms with Gasteiger partial charge < -0.3 is 9.16 Å². The van der Waals surface area contributed by atoms with E-state index in [1.54, 1.807) is 6.26 Å². The Morgan fingerprint density at radius 3 is 2.13 bits per heavy atom. The highest BCUT2D eigenvalue weighted by atomic mass is 28.4. The molecular formula is C20H24O2Si. The third kappa shape index (κ3) is 6.57. The monoisotopic (exact) mass is 324 g/mol. The average Bonchev–Trinajstić information content (AvgIpc) is 2.54. The number of hydrogen-bond donors (Lipinski definition) is 0. The molecule has 0 aliphatic heterocycles. The summed E-state index contributed by atoms with van der Waals surface area (Å²) < 4.78 is 11.8. The Morgan fingerprint density at radius 2 is 1.52 bits per heavy atom. The molecule has 0 spiro atoms. The van der Waals surface area contributed by atoms with Gasteiger partial charge in [0.15, 0.2) is 0 Å². The van der Waals surface area contributed by atoms with Gasteiger partial charge in [0.1, 0.15) is 18.6 Å². The molecule has 0 saturated heterocycles. The largest absolute Gasteiger partial charge is 0.542 e. The molecule has 2 aromatic carbocycles. The van der Waals surface area contributed by atoms with Crippen molar-refractivity contribution in [2.24, 2.45) is 0 Å². The minimum absolute atomic E-state index is 0.514. The first-order chi connectivity index (χ1) is 11.0. The molecule has 0 aliphatic rings. The van der Waals surface area contributed by atoms with Gasteiger partial charge in [0.05, 0.1) is 0 Å². The van der Waals surface area contributed by atoms with Crippen LogP contribution in [-0.4, -0.2) is 14.9 Å². The van der Waals surface area contributed by atoms with Gasteiger partial charge >= 0.3 is 0 Å². The molecule has 0 amide bonds. The summed E-state index contributed by atoms with van der Waals surface area (Å²) in [6.45, 7) is 7.01. The lowest BCUT2D eigenvalue weighted by Gasteiger charge is -2.21. The smallest absolute Gasteiger partial charge is 0.242 e. The minimum Gasteiger partial charge on any atom is -0.542 e. The van der Waals surface area contributed by atoms with Gasteiger partial charge in [0, 0.05) is 5.56 Å². The zero-order valence-corrected chi connectivity index (χ0v) is 15.0. The standard InChI is InChI=1S/C20H24O2Si/c1-23(2,3)22-20(19-14-8-5-9-15-19)17-21-16-10-13-18-11-6-4-7-12-18/h4-15,17H,16H2,1-3H3. The van der Waals surface area contributed by atoms with Crippen LogP contribution in [0.3, 0.4) is 0 Å². The normalized spacial score (nSPS) is 12.4. The van der Waals surface area contributed by atoms with Crippen molar-refractivity contribution >= 4 is 20.2 Å². The van der Waals surface area contributed by atoms with Crippen molar-refractivity contribution in [2.75, 3.05) is 6.61 Å². The predicted molar refractivity (Wildman–Crippen MR) is 100 cm³/mol. The molecule has 2 rings (SSSR count). The maximum Gasteiger partial charge on any atom is 0.242 e. The summed E-state index contributed by atoms with van der Waals surface area (Å²) >= 11 is 0. The van der Waals surface area contributed by atoms with E-state index in [0.717, 1.165) is 11.3 Å². The van der Waals surface area contributed by atoms with Crippen LogP contribution in [0.1, 0.15) is 11.1 Å². The fourth-order valence-electron chi connectivity index (χ4n) is 2.01. The summed E-state index contributed by atoms with van der Waals surface area (Å²) in [6, 6.07) is 20.3. The van der Waals surface area contributed by atoms with Crippen molar-refractivity contribution in [1.82, 2.24) is 0 Å². The molecule has 0 atom stereocenters. The van der Waals surface area contributed by atoms with Gasteiger partial charge in [-0.25, -0.2) is 0 Å². The molecular weight excluding hydrogens is 300 g/mol. The summed E-state index contributed by atoms with van der Waals surface area (Å²) in [5.41, 5.74) is 2.21. The van der Waals surface area contributed by atoms with Gasteiger partial charge in [-0.3, -0.25) is 0 Å². The van der Waals surface area contributed by atoms with Gasteiger partial charge in [-0.2, -0.15) is 0 Å². The topological polar surface area (TPSA) is 18.5 Å². The summed E-state index contributed by atoms with van der Waals surface area (Å²) in [6.07, 6.45) is 5.78. The molecule has 0 bridgehead atoms. The SMILES string of the molecule is C[Si](C)(C)OC(=COCC=Cc1ccccc1)c1ccccc1. The molecule has 3 heteroatoms. The molecule has 0 N–H and O–H groups in total. The van der Waals surface area contributed by atoms with Gasteiger partial charge in [-0.1, -0.05) is 66.7 Å². The van der Waals surface area contributed by atoms with Crippen LogP contribution >= 0.6 is 0 Å². The highest BCUT2D eigenvalue weighted by Gasteiger charge is 2.18. The predicted octanol–water partition coefficient (Wildman–Crippen LogP) is 5.57. The lowest BCUT2D eigenvalue weighted by molar-refractivity contribution is 0.283. The molecule has 2 nitrogen and oxygen atoms in total. The maximum absolute atomic E-state index is 6.14. The lowest BCUT2D eigenvalue weighted by Crippen LogP contribution is -2.24. The Morgan fingerprint density at radius 1 is 0.913 bits per heavy atom. The molecule has 0 radical (unpaired) electrons. The third-order valence-electron chi connectivity index (χ3n) is 2.97. The molecule has 0 saturated carbocycles. The van der Waals surface area contributed by atoms with E-state index in [1.807, 2.05) is 54.6 Å². The van der Waals surface area contributed by atoms with Crippen LogP contribution in [0, 0.1) is 0 Å². The molecule has 2 aromatic rings. The zero-order chi connectivity index (χ0) is 16.5. The Kier molecular flexibility index (Phi) is 6.24. The Hall–Kier alpha value is -2.26. The minimum atomic E-state index is -1.69. The number of ether oxygens (including phenoxy) is 1. The van der Waals surface area contributed by atoms with Crippen molar-refractivity contribution in [2.45, 2.75) is 19.6 Å². The van der Waals surface area contributed by atoms with E-state index in [2.05, 4.69) is 37.8 Å². The fraction of sp³-hybridized carbons (Fsp3) is 0.200. The van der Waals surface area contributed by atoms with E-state index >= 15 is 0 Å². The van der Waals surface area contributed by atoms with E-state index in [9.17, 15) is 0 Å². The second kappa shape index (κ2) is 8.39. The highest BCUT2D eigenvalue weighted by Crippen LogP contribution is 2.21. The number of benzene rings is 2. The van der Waals surface area contributed by atoms with Gasteiger partial charge in [-0.15, -0.1) is 0 Å². The van der Waals surface area contributed by atoms with Crippen molar-refractivity contribution in [3.05, 3.63) is 84.1 Å². The molecule has 0 heterocycles. The highest BCUT2D eigenvalue weighted by molar-refractivity contribution is 6.70. The molecule has 0 fully saturated rings. The number of rotatable bonds is 7. The summed E-state index contributed by atoms with van der Waals surface area (Å²) in [4.78, 5) is 0. The maximum atomic E-state index is 6.14. The zero-order valence-electron chi connectivity index (χ0n) is 14.0. The first kappa shape index (κ1) is 17.1. The van der Waals surface area contributed by atoms with E-state index < -0.39 is 8.32 Å². The fourth-order valence-corrected chi connectivity index (χ4v) is 2.84. The summed E-state index contributed by atoms with van der Waals surface area (Å²) in [5.74, 6) is 0.804. The average molecular weight is 324 g/mol. The molecule has 120 valence electrons. The molecule has 0 unspecified atom stereocenters. The second-order valence-electron chi connectivity index (χ2n) is 6.21. The second-order valence-corrected chi connectivity index (χ2v) is 10.6. The van der Waals surface area contributed by atoms with Gasteiger partial charge in [0.25, 0.3) is 0 Å². The van der Waals surface area contributed by atoms with Crippen molar-refractivity contribution in [1.29, 1.82) is 0 Å². The van der Waals surface area contributed by atoms with E-state index in [0.29, 0.717) is 6.61 Å². The molecule has 0 aromatic heterocycles. The Labute approximate surface area is 140 Å². The van der Waals surface area contributed by atoms with Crippen LogP contribution in [0.25, 0.3) is 11.8 Å². The van der Waals surface area contributed by atoms with Gasteiger partial charge in [-0.05, 0) is 31.3 Å². The molecule has 0 aliphatic carbocycles. The third-order valence-corrected chi connectivity index (χ3v) is 3.80. The summed E-state index contributed by atoms with van der Waals surface area (Å²) in [5, 5.41) is 0. The Bertz CT molecular complexity index is 640. The van der Waals surface area contributed by atoms with Gasteiger partial charge in [0.2, 0.25) is 8.32 Å². The van der Waals surface area contributed by atoms with E-state index in [4.69, 9.17) is 9.16 Å². The number of hydrogen-bond acceptors (Lipinski definition) is 2. The quantitative estimate of drug-likeness (QED) is 0.377. The van der Waals surface area contributed by atoms with Crippen LogP contribution in [0.5, 0.6) is 0 Å². The summed E-state index contributed by atoms with van der Waals surface area (Å²) in [7, 11) is -1.69. The molecule has 23 heavy (non-hydrogen) atoms. The van der Waals surface area contributed by atoms with Crippen molar-refractivity contribution in [3.8, 4) is 0 Å². The van der Waals surface area contributed by atoms with Crippen LogP contribution in [0.2, 0.25) is 19.6 Å². The van der Waals surface area contributed by atoms with Crippen LogP contribution in [-0.2, 0) is 9.16 Å².